The fourth-order valence-corrected chi connectivity index (χ4v) is 3.54. The molecule has 0 aliphatic carbocycles. The number of likely N-dealkylation sites (N-methyl/N-ethyl adjacent to an activating group) is 1. The zero-order valence-electron chi connectivity index (χ0n) is 14.9. The Bertz CT molecular complexity index is 740. The van der Waals surface area contributed by atoms with E-state index in [-0.39, 0.29) is 18.2 Å². The maximum absolute atomic E-state index is 12.3. The van der Waals surface area contributed by atoms with Gasteiger partial charge in [0.05, 0.1) is 16.3 Å². The molecule has 3 rings (SSSR count). The summed E-state index contributed by atoms with van der Waals surface area (Å²) < 4.78 is 0. The van der Waals surface area contributed by atoms with E-state index in [2.05, 4.69) is 27.5 Å². The normalized spacial score (nSPS) is 14.9. The number of nitrogens with one attached hydrogen (secondary N) is 2. The van der Waals surface area contributed by atoms with Crippen LogP contribution in [0.5, 0.6) is 0 Å². The molecular formula is C19H24N4O2S. The highest BCUT2D eigenvalue weighted by atomic mass is 32.1. The van der Waals surface area contributed by atoms with Gasteiger partial charge in [-0.2, -0.15) is 0 Å². The first-order valence-corrected chi connectivity index (χ1v) is 9.65. The standard InChI is InChI=1S/C19H24N4O2S/c1-22-10-12-23(13-11-22)16-6-3-2-5-15(16)21-18(24)8-9-20-19(25)17-7-4-14-26-17/h2-7,14H,8-13H2,1H3,(H,20,25)(H,21,24). The van der Waals surface area contributed by atoms with Crippen molar-refractivity contribution in [2.75, 3.05) is 50.0 Å². The molecule has 0 radical (unpaired) electrons. The number of thiophene rings is 1. The number of para-hydroxylation sites is 2. The Morgan fingerprint density at radius 3 is 2.58 bits per heavy atom. The van der Waals surface area contributed by atoms with Gasteiger partial charge in [-0.15, -0.1) is 11.3 Å². The van der Waals surface area contributed by atoms with Crippen LogP contribution in [0.25, 0.3) is 0 Å². The molecule has 1 aromatic heterocycles. The van der Waals surface area contributed by atoms with E-state index in [0.29, 0.717) is 11.4 Å². The Balaban J connectivity index is 1.52. The number of hydrogen-bond acceptors (Lipinski definition) is 5. The molecule has 1 aliphatic heterocycles. The molecule has 2 N–H and O–H groups in total. The fraction of sp³-hybridized carbons (Fsp3) is 0.368. The Morgan fingerprint density at radius 2 is 1.85 bits per heavy atom. The van der Waals surface area contributed by atoms with Crippen LogP contribution in [0, 0.1) is 0 Å². The predicted molar refractivity (Wildman–Crippen MR) is 106 cm³/mol. The Kier molecular flexibility index (Phi) is 6.25. The summed E-state index contributed by atoms with van der Waals surface area (Å²) in [5, 5.41) is 7.62. The number of anilines is 2. The van der Waals surface area contributed by atoms with Gasteiger partial charge < -0.3 is 20.4 Å². The number of carbonyl (C=O) groups excluding carboxylic acids is 2. The third kappa shape index (κ3) is 4.83. The van der Waals surface area contributed by atoms with Crippen LogP contribution in [-0.2, 0) is 4.79 Å². The lowest BCUT2D eigenvalue weighted by Crippen LogP contribution is -2.44. The summed E-state index contributed by atoms with van der Waals surface area (Å²) in [7, 11) is 2.12. The van der Waals surface area contributed by atoms with Crippen molar-refractivity contribution < 1.29 is 9.59 Å². The summed E-state index contributed by atoms with van der Waals surface area (Å²) >= 11 is 1.39. The van der Waals surface area contributed by atoms with Crippen molar-refractivity contribution in [2.24, 2.45) is 0 Å². The van der Waals surface area contributed by atoms with E-state index in [1.165, 1.54) is 11.3 Å². The number of amides is 2. The number of piperazine rings is 1. The molecule has 0 bridgehead atoms. The fourth-order valence-electron chi connectivity index (χ4n) is 2.90. The van der Waals surface area contributed by atoms with Gasteiger partial charge in [-0.25, -0.2) is 0 Å². The van der Waals surface area contributed by atoms with E-state index in [9.17, 15) is 9.59 Å². The van der Waals surface area contributed by atoms with Crippen LogP contribution >= 0.6 is 11.3 Å². The number of benzene rings is 1. The second-order valence-electron chi connectivity index (χ2n) is 6.34. The molecule has 6 nitrogen and oxygen atoms in total. The van der Waals surface area contributed by atoms with Crippen molar-refractivity contribution in [1.29, 1.82) is 0 Å². The van der Waals surface area contributed by atoms with Crippen LogP contribution in [0.4, 0.5) is 11.4 Å². The monoisotopic (exact) mass is 372 g/mol. The number of hydrogen-bond donors (Lipinski definition) is 2. The van der Waals surface area contributed by atoms with Crippen LogP contribution in [0.1, 0.15) is 16.1 Å². The minimum absolute atomic E-state index is 0.0990. The first kappa shape index (κ1) is 18.4. The first-order chi connectivity index (χ1) is 12.6. The zero-order valence-corrected chi connectivity index (χ0v) is 15.7. The van der Waals surface area contributed by atoms with Gasteiger partial charge in [0.2, 0.25) is 5.91 Å². The molecule has 0 saturated carbocycles. The summed E-state index contributed by atoms with van der Waals surface area (Å²) in [5.41, 5.74) is 1.88. The third-order valence-corrected chi connectivity index (χ3v) is 5.27. The minimum Gasteiger partial charge on any atom is -0.367 e. The van der Waals surface area contributed by atoms with Crippen molar-refractivity contribution in [1.82, 2.24) is 10.2 Å². The average Bonchev–Trinajstić information content (AvgIpc) is 3.18. The molecule has 138 valence electrons. The van der Waals surface area contributed by atoms with Crippen LogP contribution < -0.4 is 15.5 Å². The number of rotatable bonds is 6. The lowest BCUT2D eigenvalue weighted by molar-refractivity contribution is -0.116. The van der Waals surface area contributed by atoms with Gasteiger partial charge in [0.1, 0.15) is 0 Å². The highest BCUT2D eigenvalue weighted by molar-refractivity contribution is 7.12. The second kappa shape index (κ2) is 8.82. The average molecular weight is 372 g/mol. The summed E-state index contributed by atoms with van der Waals surface area (Å²) in [6, 6.07) is 11.5. The Morgan fingerprint density at radius 1 is 1.08 bits per heavy atom. The molecule has 26 heavy (non-hydrogen) atoms. The molecule has 2 amide bonds. The van der Waals surface area contributed by atoms with Gasteiger partial charge in [0.25, 0.3) is 5.91 Å². The molecule has 0 atom stereocenters. The smallest absolute Gasteiger partial charge is 0.261 e. The molecule has 1 saturated heterocycles. The molecular weight excluding hydrogens is 348 g/mol. The quantitative estimate of drug-likeness (QED) is 0.816. The van der Waals surface area contributed by atoms with Gasteiger partial charge >= 0.3 is 0 Å². The summed E-state index contributed by atoms with van der Waals surface area (Å²) in [6.45, 7) is 4.23. The van der Waals surface area contributed by atoms with Crippen LogP contribution in [-0.4, -0.2) is 56.5 Å². The molecule has 1 fully saturated rings. The lowest BCUT2D eigenvalue weighted by atomic mass is 10.2. The Hall–Kier alpha value is -2.38. The van der Waals surface area contributed by atoms with Crippen LogP contribution in [0.15, 0.2) is 41.8 Å². The zero-order chi connectivity index (χ0) is 18.4. The van der Waals surface area contributed by atoms with E-state index in [1.54, 1.807) is 6.07 Å². The lowest BCUT2D eigenvalue weighted by Gasteiger charge is -2.35. The highest BCUT2D eigenvalue weighted by Gasteiger charge is 2.17. The van der Waals surface area contributed by atoms with E-state index < -0.39 is 0 Å². The molecule has 0 unspecified atom stereocenters. The van der Waals surface area contributed by atoms with E-state index in [0.717, 1.165) is 37.6 Å². The molecule has 2 aromatic rings. The van der Waals surface area contributed by atoms with Gasteiger partial charge in [0, 0.05) is 39.1 Å². The first-order valence-electron chi connectivity index (χ1n) is 8.77. The summed E-state index contributed by atoms with van der Waals surface area (Å²) in [6.07, 6.45) is 0.244. The second-order valence-corrected chi connectivity index (χ2v) is 7.29. The van der Waals surface area contributed by atoms with Crippen molar-refractivity contribution in [2.45, 2.75) is 6.42 Å². The minimum atomic E-state index is -0.134. The van der Waals surface area contributed by atoms with Gasteiger partial charge in [0.15, 0.2) is 0 Å². The Labute approximate surface area is 157 Å². The topological polar surface area (TPSA) is 64.7 Å². The molecule has 2 heterocycles. The summed E-state index contributed by atoms with van der Waals surface area (Å²) in [4.78, 5) is 29.4. The maximum atomic E-state index is 12.3. The van der Waals surface area contributed by atoms with Crippen LogP contribution in [0.3, 0.4) is 0 Å². The third-order valence-electron chi connectivity index (χ3n) is 4.40. The number of nitrogens with zero attached hydrogens (tertiary/aromatic N) is 2. The van der Waals surface area contributed by atoms with E-state index >= 15 is 0 Å². The molecule has 7 heteroatoms. The maximum Gasteiger partial charge on any atom is 0.261 e. The molecule has 1 aliphatic rings. The van der Waals surface area contributed by atoms with Gasteiger partial charge in [-0.3, -0.25) is 9.59 Å². The van der Waals surface area contributed by atoms with Gasteiger partial charge in [-0.1, -0.05) is 18.2 Å². The van der Waals surface area contributed by atoms with E-state index in [1.807, 2.05) is 35.7 Å². The van der Waals surface area contributed by atoms with Gasteiger partial charge in [-0.05, 0) is 30.6 Å². The van der Waals surface area contributed by atoms with E-state index in [4.69, 9.17) is 0 Å². The predicted octanol–water partition coefficient (Wildman–Crippen LogP) is 2.26. The molecule has 1 aromatic carbocycles. The number of carbonyl (C=O) groups is 2. The molecule has 0 spiro atoms. The van der Waals surface area contributed by atoms with Crippen molar-refractivity contribution in [3.8, 4) is 0 Å². The largest absolute Gasteiger partial charge is 0.367 e. The van der Waals surface area contributed by atoms with Crippen molar-refractivity contribution in [3.63, 3.8) is 0 Å². The summed E-state index contributed by atoms with van der Waals surface area (Å²) in [5.74, 6) is -0.233. The van der Waals surface area contributed by atoms with Crippen molar-refractivity contribution in [3.05, 3.63) is 46.7 Å². The van der Waals surface area contributed by atoms with Crippen LogP contribution in [0.2, 0.25) is 0 Å². The highest BCUT2D eigenvalue weighted by Crippen LogP contribution is 2.26. The van der Waals surface area contributed by atoms with Crippen molar-refractivity contribution >= 4 is 34.5 Å². The SMILES string of the molecule is CN1CCN(c2ccccc2NC(=O)CCNC(=O)c2cccs2)CC1.